The number of nitrogens with zero attached hydrogens (tertiary/aromatic N) is 2. The Bertz CT molecular complexity index is 722. The van der Waals surface area contributed by atoms with E-state index in [2.05, 4.69) is 27.3 Å². The Balaban J connectivity index is 0.00000480. The van der Waals surface area contributed by atoms with Crippen molar-refractivity contribution in [3.63, 3.8) is 0 Å². The highest BCUT2D eigenvalue weighted by Gasteiger charge is 2.22. The molecule has 31 heavy (non-hydrogen) atoms. The van der Waals surface area contributed by atoms with Crippen molar-refractivity contribution in [3.05, 3.63) is 23.8 Å². The van der Waals surface area contributed by atoms with Crippen LogP contribution in [0.2, 0.25) is 0 Å². The Kier molecular flexibility index (Phi) is 12.5. The van der Waals surface area contributed by atoms with Gasteiger partial charge in [0.15, 0.2) is 17.5 Å². The van der Waals surface area contributed by atoms with Crippen molar-refractivity contribution in [2.45, 2.75) is 58.7 Å². The number of rotatable bonds is 9. The van der Waals surface area contributed by atoms with Gasteiger partial charge < -0.3 is 25.0 Å². The molecule has 1 aromatic rings. The van der Waals surface area contributed by atoms with Crippen molar-refractivity contribution in [2.24, 2.45) is 4.99 Å². The smallest absolute Gasteiger partial charge is 0.387 e. The molecule has 0 saturated carbocycles. The molecule has 1 aliphatic rings. The number of alkyl halides is 2. The van der Waals surface area contributed by atoms with Gasteiger partial charge >= 0.3 is 6.61 Å². The zero-order chi connectivity index (χ0) is 21.9. The molecule has 176 valence electrons. The number of benzene rings is 1. The first-order valence-electron chi connectivity index (χ1n) is 10.4. The molecule has 1 fully saturated rings. The fourth-order valence-corrected chi connectivity index (χ4v) is 3.49. The number of amides is 1. The third-order valence-corrected chi connectivity index (χ3v) is 4.99. The number of carbonyl (C=O) groups is 1. The summed E-state index contributed by atoms with van der Waals surface area (Å²) in [6, 6.07) is 5.27. The van der Waals surface area contributed by atoms with Crippen LogP contribution in [0.3, 0.4) is 0 Å². The molecule has 0 spiro atoms. The standard InChI is InChI=1S/C21H32F2N4O3.HI/c1-4-29-17-10-7-9-16(19(17)30-20(22)23)14-26-21(24-3)25-12-11-18(28)27-13-6-5-8-15(27)2;/h7,9-10,15,20H,4-6,8,11-14H2,1-3H3,(H2,24,25,26);1H. The topological polar surface area (TPSA) is 75.2 Å². The van der Waals surface area contributed by atoms with Crippen molar-refractivity contribution in [1.82, 2.24) is 15.5 Å². The van der Waals surface area contributed by atoms with E-state index in [0.717, 1.165) is 19.4 Å². The molecule has 1 saturated heterocycles. The van der Waals surface area contributed by atoms with Gasteiger partial charge in [0.1, 0.15) is 0 Å². The van der Waals surface area contributed by atoms with E-state index in [1.165, 1.54) is 6.42 Å². The normalized spacial score (nSPS) is 16.5. The lowest BCUT2D eigenvalue weighted by molar-refractivity contribution is -0.134. The maximum atomic E-state index is 12.8. The number of hydrogen-bond donors (Lipinski definition) is 2. The number of halogens is 3. The van der Waals surface area contributed by atoms with Crippen LogP contribution in [0.25, 0.3) is 0 Å². The molecule has 1 amide bonds. The molecule has 10 heteroatoms. The van der Waals surface area contributed by atoms with Gasteiger partial charge in [-0.05, 0) is 39.2 Å². The van der Waals surface area contributed by atoms with Gasteiger partial charge in [0.25, 0.3) is 0 Å². The van der Waals surface area contributed by atoms with Gasteiger partial charge in [-0.15, -0.1) is 24.0 Å². The molecule has 1 aromatic carbocycles. The van der Waals surface area contributed by atoms with Crippen molar-refractivity contribution < 1.29 is 23.0 Å². The molecule has 2 rings (SSSR count). The molecular formula is C21H33F2IN4O3. The first kappa shape index (κ1) is 27.2. The summed E-state index contributed by atoms with van der Waals surface area (Å²) in [5.74, 6) is 0.870. The second-order valence-electron chi connectivity index (χ2n) is 7.09. The number of hydrogen-bond acceptors (Lipinski definition) is 4. The second kappa shape index (κ2) is 14.3. The van der Waals surface area contributed by atoms with Crippen LogP contribution in [0.1, 0.15) is 45.1 Å². The number of nitrogens with one attached hydrogen (secondary N) is 2. The molecule has 0 aromatic heterocycles. The highest BCUT2D eigenvalue weighted by atomic mass is 127. The van der Waals surface area contributed by atoms with Gasteiger partial charge in [0.05, 0.1) is 6.61 Å². The lowest BCUT2D eigenvalue weighted by Crippen LogP contribution is -2.44. The molecular weight excluding hydrogens is 521 g/mol. The van der Waals surface area contributed by atoms with Gasteiger partial charge in [-0.1, -0.05) is 12.1 Å². The quantitative estimate of drug-likeness (QED) is 0.276. The van der Waals surface area contributed by atoms with Crippen LogP contribution in [-0.2, 0) is 11.3 Å². The third-order valence-electron chi connectivity index (χ3n) is 4.99. The number of likely N-dealkylation sites (tertiary alicyclic amines) is 1. The van der Waals surface area contributed by atoms with Gasteiger partial charge in [-0.3, -0.25) is 9.79 Å². The van der Waals surface area contributed by atoms with Crippen LogP contribution in [0, 0.1) is 0 Å². The van der Waals surface area contributed by atoms with Crippen LogP contribution in [0.5, 0.6) is 11.5 Å². The zero-order valence-electron chi connectivity index (χ0n) is 18.3. The minimum atomic E-state index is -2.95. The van der Waals surface area contributed by atoms with Gasteiger partial charge in [-0.25, -0.2) is 0 Å². The van der Waals surface area contributed by atoms with E-state index < -0.39 is 6.61 Å². The molecule has 7 nitrogen and oxygen atoms in total. The van der Waals surface area contributed by atoms with Crippen molar-refractivity contribution >= 4 is 35.8 Å². The predicted octanol–water partition coefficient (Wildman–Crippen LogP) is 3.76. The summed E-state index contributed by atoms with van der Waals surface area (Å²) < 4.78 is 35.7. The molecule has 1 aliphatic heterocycles. The first-order valence-corrected chi connectivity index (χ1v) is 10.4. The highest BCUT2D eigenvalue weighted by Crippen LogP contribution is 2.32. The maximum absolute atomic E-state index is 12.8. The van der Waals surface area contributed by atoms with E-state index >= 15 is 0 Å². The number of carbonyl (C=O) groups excluding carboxylic acids is 1. The van der Waals surface area contributed by atoms with Crippen LogP contribution in [0.4, 0.5) is 8.78 Å². The minimum Gasteiger partial charge on any atom is -0.490 e. The molecule has 2 N–H and O–H groups in total. The molecule has 0 aliphatic carbocycles. The Morgan fingerprint density at radius 3 is 2.74 bits per heavy atom. The number of para-hydroxylation sites is 1. The fraction of sp³-hybridized carbons (Fsp3) is 0.619. The van der Waals surface area contributed by atoms with E-state index in [1.54, 1.807) is 32.2 Å². The summed E-state index contributed by atoms with van der Waals surface area (Å²) in [7, 11) is 1.61. The second-order valence-corrected chi connectivity index (χ2v) is 7.09. The Hall–Kier alpha value is -1.85. The number of guanidine groups is 1. The fourth-order valence-electron chi connectivity index (χ4n) is 3.49. The summed E-state index contributed by atoms with van der Waals surface area (Å²) in [6.45, 7) is 2.70. The summed E-state index contributed by atoms with van der Waals surface area (Å²) in [5, 5.41) is 6.16. The zero-order valence-corrected chi connectivity index (χ0v) is 20.7. The summed E-state index contributed by atoms with van der Waals surface area (Å²) in [5.41, 5.74) is 0.516. The van der Waals surface area contributed by atoms with Crippen molar-refractivity contribution in [2.75, 3.05) is 26.7 Å². The van der Waals surface area contributed by atoms with Crippen LogP contribution in [-0.4, -0.2) is 56.2 Å². The predicted molar refractivity (Wildman–Crippen MR) is 128 cm³/mol. The number of aliphatic imine (C=N–C) groups is 1. The third kappa shape index (κ3) is 8.66. The summed E-state index contributed by atoms with van der Waals surface area (Å²) >= 11 is 0. The van der Waals surface area contributed by atoms with E-state index in [0.29, 0.717) is 31.1 Å². The molecule has 1 atom stereocenters. The average Bonchev–Trinajstić information content (AvgIpc) is 2.72. The molecule has 0 bridgehead atoms. The summed E-state index contributed by atoms with van der Waals surface area (Å²) in [4.78, 5) is 18.5. The lowest BCUT2D eigenvalue weighted by atomic mass is 10.0. The van der Waals surface area contributed by atoms with E-state index in [4.69, 9.17) is 4.74 Å². The van der Waals surface area contributed by atoms with Gasteiger partial charge in [-0.2, -0.15) is 8.78 Å². The number of piperidine rings is 1. The van der Waals surface area contributed by atoms with E-state index in [-0.39, 0.29) is 54.0 Å². The molecule has 1 heterocycles. The maximum Gasteiger partial charge on any atom is 0.387 e. The van der Waals surface area contributed by atoms with Crippen LogP contribution in [0.15, 0.2) is 23.2 Å². The van der Waals surface area contributed by atoms with E-state index in [9.17, 15) is 13.6 Å². The lowest BCUT2D eigenvalue weighted by Gasteiger charge is -2.33. The SMILES string of the molecule is CCOc1cccc(CNC(=NC)NCCC(=O)N2CCCCC2C)c1OC(F)F.I. The molecule has 0 radical (unpaired) electrons. The van der Waals surface area contributed by atoms with Crippen LogP contribution < -0.4 is 20.1 Å². The van der Waals surface area contributed by atoms with Crippen molar-refractivity contribution in [1.29, 1.82) is 0 Å². The number of ether oxygens (including phenoxy) is 2. The summed E-state index contributed by atoms with van der Waals surface area (Å²) in [6.07, 6.45) is 3.63. The average molecular weight is 554 g/mol. The minimum absolute atomic E-state index is 0. The first-order chi connectivity index (χ1) is 14.5. The highest BCUT2D eigenvalue weighted by molar-refractivity contribution is 14.0. The Morgan fingerprint density at radius 2 is 2.10 bits per heavy atom. The Morgan fingerprint density at radius 1 is 1.32 bits per heavy atom. The van der Waals surface area contributed by atoms with Crippen LogP contribution >= 0.6 is 24.0 Å². The monoisotopic (exact) mass is 554 g/mol. The largest absolute Gasteiger partial charge is 0.490 e. The van der Waals surface area contributed by atoms with E-state index in [1.807, 2.05) is 4.90 Å². The molecule has 1 unspecified atom stereocenters. The van der Waals surface area contributed by atoms with Gasteiger partial charge in [0, 0.05) is 44.7 Å². The van der Waals surface area contributed by atoms with Gasteiger partial charge in [0.2, 0.25) is 5.91 Å². The van der Waals surface area contributed by atoms with Crippen molar-refractivity contribution in [3.8, 4) is 11.5 Å². The Labute approximate surface area is 200 Å².